The first-order valence-corrected chi connectivity index (χ1v) is 9.00. The van der Waals surface area contributed by atoms with E-state index >= 15 is 0 Å². The Kier molecular flexibility index (Phi) is 4.83. The van der Waals surface area contributed by atoms with E-state index in [-0.39, 0.29) is 11.2 Å². The van der Waals surface area contributed by atoms with Gasteiger partial charge in [-0.1, -0.05) is 30.3 Å². The lowest BCUT2D eigenvalue weighted by atomic mass is 10.1. The second-order valence-corrected chi connectivity index (χ2v) is 6.57. The zero-order chi connectivity index (χ0) is 20.4. The van der Waals surface area contributed by atoms with Crippen molar-refractivity contribution in [2.75, 3.05) is 0 Å². The third-order valence-corrected chi connectivity index (χ3v) is 4.61. The van der Waals surface area contributed by atoms with Crippen molar-refractivity contribution in [3.63, 3.8) is 0 Å². The van der Waals surface area contributed by atoms with Gasteiger partial charge in [-0.25, -0.2) is 9.59 Å². The van der Waals surface area contributed by atoms with E-state index in [1.165, 1.54) is 12.1 Å². The summed E-state index contributed by atoms with van der Waals surface area (Å²) in [6, 6.07) is 14.3. The fourth-order valence-corrected chi connectivity index (χ4v) is 3.31. The van der Waals surface area contributed by atoms with Crippen LogP contribution in [0.5, 0.6) is 5.75 Å². The van der Waals surface area contributed by atoms with Crippen LogP contribution in [0.3, 0.4) is 0 Å². The van der Waals surface area contributed by atoms with Gasteiger partial charge in [0.15, 0.2) is 5.43 Å². The van der Waals surface area contributed by atoms with Crippen molar-refractivity contribution >= 4 is 34.6 Å². The van der Waals surface area contributed by atoms with Crippen LogP contribution in [0, 0.1) is 0 Å². The molecular formula is C23H16O6. The highest BCUT2D eigenvalue weighted by atomic mass is 16.5. The fourth-order valence-electron chi connectivity index (χ4n) is 3.31. The normalized spacial score (nSPS) is 14.4. The minimum absolute atomic E-state index is 0.0960. The highest BCUT2D eigenvalue weighted by molar-refractivity contribution is 5.92. The Bertz CT molecular complexity index is 1230. The number of carbonyl (C=O) groups is 2. The zero-order valence-corrected chi connectivity index (χ0v) is 15.3. The minimum atomic E-state index is -1.25. The first-order valence-electron chi connectivity index (χ1n) is 9.00. The van der Waals surface area contributed by atoms with E-state index in [9.17, 15) is 14.4 Å². The fraction of sp³-hybridized carbons (Fsp3) is 0.0870. The molecule has 0 bridgehead atoms. The highest BCUT2D eigenvalue weighted by Crippen LogP contribution is 2.34. The molecule has 0 spiro atoms. The molecule has 0 fully saturated rings. The van der Waals surface area contributed by atoms with Crippen LogP contribution >= 0.6 is 0 Å². The maximum absolute atomic E-state index is 12.9. The number of carbonyl (C=O) groups excluding carboxylic acids is 1. The molecule has 29 heavy (non-hydrogen) atoms. The summed E-state index contributed by atoms with van der Waals surface area (Å²) in [5.41, 5.74) is 2.82. The topological polar surface area (TPSA) is 93.8 Å². The lowest BCUT2D eigenvalue weighted by Gasteiger charge is -2.06. The molecule has 0 aliphatic heterocycles. The molecule has 144 valence electrons. The molecular weight excluding hydrogens is 372 g/mol. The molecule has 1 aromatic heterocycles. The minimum Gasteiger partial charge on any atom is -0.478 e. The van der Waals surface area contributed by atoms with Gasteiger partial charge in [0, 0.05) is 23.8 Å². The summed E-state index contributed by atoms with van der Waals surface area (Å²) in [6.45, 7) is 0. The van der Waals surface area contributed by atoms with Gasteiger partial charge in [-0.3, -0.25) is 4.79 Å². The quantitative estimate of drug-likeness (QED) is 0.415. The molecule has 0 saturated carbocycles. The Balaban J connectivity index is 1.72. The SMILES string of the molecule is O=C(O)C=CC(=O)Oc1ccc2c(=O)c3c(oc2c1)C(=Cc1ccccc1)CC3. The Hall–Kier alpha value is -3.93. The van der Waals surface area contributed by atoms with Crippen LogP contribution in [0.25, 0.3) is 22.6 Å². The standard InChI is InChI=1S/C23H16O6/c24-20(25)10-11-21(26)28-16-7-9-17-19(13-16)29-23-15(6-8-18(23)22(17)27)12-14-4-2-1-3-5-14/h1-5,7,9-13H,6,8H2,(H,24,25). The molecule has 0 saturated heterocycles. The van der Waals surface area contributed by atoms with E-state index in [1.807, 2.05) is 36.4 Å². The van der Waals surface area contributed by atoms with E-state index in [2.05, 4.69) is 0 Å². The number of benzene rings is 2. The number of carboxylic acid groups (broad SMARTS) is 1. The Morgan fingerprint density at radius 1 is 1.03 bits per heavy atom. The number of esters is 1. The Morgan fingerprint density at radius 2 is 1.83 bits per heavy atom. The van der Waals surface area contributed by atoms with Gasteiger partial charge in [-0.05, 0) is 42.2 Å². The molecule has 1 heterocycles. The summed E-state index contributed by atoms with van der Waals surface area (Å²) in [5, 5.41) is 8.98. The van der Waals surface area contributed by atoms with Crippen molar-refractivity contribution in [3.8, 4) is 5.75 Å². The van der Waals surface area contributed by atoms with Crippen LogP contribution in [0.2, 0.25) is 0 Å². The van der Waals surface area contributed by atoms with E-state index in [0.29, 0.717) is 41.2 Å². The predicted molar refractivity (Wildman–Crippen MR) is 108 cm³/mol. The summed E-state index contributed by atoms with van der Waals surface area (Å²) in [6.07, 6.45) is 4.83. The van der Waals surface area contributed by atoms with Crippen LogP contribution in [-0.2, 0) is 16.0 Å². The van der Waals surface area contributed by atoms with Crippen LogP contribution in [0.15, 0.2) is 69.9 Å². The largest absolute Gasteiger partial charge is 0.478 e. The molecule has 1 N–H and O–H groups in total. The predicted octanol–water partition coefficient (Wildman–Crippen LogP) is 3.83. The van der Waals surface area contributed by atoms with Crippen molar-refractivity contribution in [1.82, 2.24) is 0 Å². The van der Waals surface area contributed by atoms with Crippen LogP contribution in [-0.4, -0.2) is 17.0 Å². The number of rotatable bonds is 4. The molecule has 0 radical (unpaired) electrons. The molecule has 0 unspecified atom stereocenters. The molecule has 1 aliphatic rings. The maximum Gasteiger partial charge on any atom is 0.336 e. The third kappa shape index (κ3) is 3.87. The highest BCUT2D eigenvalue weighted by Gasteiger charge is 2.24. The molecule has 0 atom stereocenters. The van der Waals surface area contributed by atoms with Gasteiger partial charge < -0.3 is 14.3 Å². The summed E-state index contributed by atoms with van der Waals surface area (Å²) < 4.78 is 11.1. The average molecular weight is 388 g/mol. The van der Waals surface area contributed by atoms with Crippen molar-refractivity contribution in [2.24, 2.45) is 0 Å². The molecule has 1 aliphatic carbocycles. The van der Waals surface area contributed by atoms with Gasteiger partial charge in [0.2, 0.25) is 0 Å². The smallest absolute Gasteiger partial charge is 0.336 e. The molecule has 4 rings (SSSR count). The van der Waals surface area contributed by atoms with E-state index in [1.54, 1.807) is 6.07 Å². The molecule has 6 nitrogen and oxygen atoms in total. The van der Waals surface area contributed by atoms with Gasteiger partial charge in [0.05, 0.1) is 5.39 Å². The first kappa shape index (κ1) is 18.4. The number of carboxylic acids is 1. The summed E-state index contributed by atoms with van der Waals surface area (Å²) >= 11 is 0. The van der Waals surface area contributed by atoms with E-state index in [4.69, 9.17) is 14.3 Å². The number of hydrogen-bond acceptors (Lipinski definition) is 5. The van der Waals surface area contributed by atoms with Crippen molar-refractivity contribution in [1.29, 1.82) is 0 Å². The second kappa shape index (κ2) is 7.59. The average Bonchev–Trinajstić information content (AvgIpc) is 3.10. The molecule has 2 aromatic carbocycles. The van der Waals surface area contributed by atoms with Gasteiger partial charge in [-0.15, -0.1) is 0 Å². The lowest BCUT2D eigenvalue weighted by molar-refractivity contribution is -0.133. The van der Waals surface area contributed by atoms with Gasteiger partial charge >= 0.3 is 11.9 Å². The van der Waals surface area contributed by atoms with Crippen LogP contribution < -0.4 is 10.2 Å². The van der Waals surface area contributed by atoms with Crippen molar-refractivity contribution in [3.05, 3.63) is 87.8 Å². The lowest BCUT2D eigenvalue weighted by Crippen LogP contribution is -2.09. The molecule has 0 amide bonds. The summed E-state index contributed by atoms with van der Waals surface area (Å²) in [7, 11) is 0. The Morgan fingerprint density at radius 3 is 2.59 bits per heavy atom. The number of allylic oxidation sites excluding steroid dienone is 1. The number of hydrogen-bond donors (Lipinski definition) is 1. The van der Waals surface area contributed by atoms with Crippen LogP contribution in [0.1, 0.15) is 23.3 Å². The van der Waals surface area contributed by atoms with E-state index < -0.39 is 11.9 Å². The molecule has 6 heteroatoms. The third-order valence-electron chi connectivity index (χ3n) is 4.61. The first-order chi connectivity index (χ1) is 14.0. The molecule has 3 aromatic rings. The van der Waals surface area contributed by atoms with Crippen molar-refractivity contribution < 1.29 is 23.8 Å². The maximum atomic E-state index is 12.9. The monoisotopic (exact) mass is 388 g/mol. The number of ether oxygens (including phenoxy) is 1. The van der Waals surface area contributed by atoms with Crippen LogP contribution in [0.4, 0.5) is 0 Å². The van der Waals surface area contributed by atoms with E-state index in [0.717, 1.165) is 17.2 Å². The van der Waals surface area contributed by atoms with Crippen molar-refractivity contribution in [2.45, 2.75) is 12.8 Å². The van der Waals surface area contributed by atoms with Gasteiger partial charge in [0.1, 0.15) is 17.1 Å². The zero-order valence-electron chi connectivity index (χ0n) is 15.3. The second-order valence-electron chi connectivity index (χ2n) is 6.57. The summed E-state index contributed by atoms with van der Waals surface area (Å²) in [5.74, 6) is -1.37. The van der Waals surface area contributed by atoms with Gasteiger partial charge in [0.25, 0.3) is 0 Å². The number of fused-ring (bicyclic) bond motifs is 2. The van der Waals surface area contributed by atoms with Gasteiger partial charge in [-0.2, -0.15) is 0 Å². The summed E-state index contributed by atoms with van der Waals surface area (Å²) in [4.78, 5) is 35.0. The Labute approximate surface area is 165 Å². The number of aliphatic carboxylic acids is 1.